The molecule has 0 atom stereocenters. The first-order valence-electron chi connectivity index (χ1n) is 3.92. The number of nitrogens with one attached hydrogen (secondary N) is 1. The van der Waals surface area contributed by atoms with E-state index in [2.05, 4.69) is 15.1 Å². The van der Waals surface area contributed by atoms with E-state index >= 15 is 0 Å². The third-order valence-electron chi connectivity index (χ3n) is 1.64. The lowest BCUT2D eigenvalue weighted by molar-refractivity contribution is 0.264. The summed E-state index contributed by atoms with van der Waals surface area (Å²) in [4.78, 5) is 17.1. The van der Waals surface area contributed by atoms with Crippen molar-refractivity contribution in [3.05, 3.63) is 34.5 Å². The fourth-order valence-corrected chi connectivity index (χ4v) is 0.979. The largest absolute Gasteiger partial charge is 0.388 e. The number of aliphatic hydroxyl groups excluding tert-OH is 1. The summed E-state index contributed by atoms with van der Waals surface area (Å²) in [6, 6.07) is 2.92. The molecule has 0 bridgehead atoms. The molecule has 0 aliphatic carbocycles. The van der Waals surface area contributed by atoms with E-state index in [9.17, 15) is 4.79 Å². The first kappa shape index (κ1) is 8.64. The van der Waals surface area contributed by atoms with Crippen LogP contribution in [0.25, 0.3) is 11.5 Å². The Morgan fingerprint density at radius 2 is 2.36 bits per heavy atom. The molecule has 0 aliphatic rings. The van der Waals surface area contributed by atoms with Crippen molar-refractivity contribution in [3.8, 4) is 11.5 Å². The van der Waals surface area contributed by atoms with E-state index in [4.69, 9.17) is 9.63 Å². The molecule has 0 saturated heterocycles. The third kappa shape index (κ3) is 1.55. The Morgan fingerprint density at radius 3 is 2.93 bits per heavy atom. The molecule has 2 aromatic heterocycles. The van der Waals surface area contributed by atoms with Crippen LogP contribution in [-0.2, 0) is 6.61 Å². The highest BCUT2D eigenvalue weighted by Gasteiger charge is 2.07. The fraction of sp³-hybridized carbons (Fsp3) is 0.125. The van der Waals surface area contributed by atoms with Crippen molar-refractivity contribution in [1.82, 2.24) is 15.1 Å². The van der Waals surface area contributed by atoms with Gasteiger partial charge in [0.1, 0.15) is 6.61 Å². The average molecular weight is 193 g/mol. The van der Waals surface area contributed by atoms with Gasteiger partial charge in [-0.1, -0.05) is 5.16 Å². The lowest BCUT2D eigenvalue weighted by Crippen LogP contribution is -2.01. The third-order valence-corrected chi connectivity index (χ3v) is 1.64. The van der Waals surface area contributed by atoms with Crippen molar-refractivity contribution >= 4 is 0 Å². The summed E-state index contributed by atoms with van der Waals surface area (Å²) < 4.78 is 4.84. The van der Waals surface area contributed by atoms with Gasteiger partial charge in [0.05, 0.1) is 5.56 Å². The minimum Gasteiger partial charge on any atom is -0.388 e. The van der Waals surface area contributed by atoms with Gasteiger partial charge in [0, 0.05) is 12.3 Å². The van der Waals surface area contributed by atoms with E-state index in [1.54, 1.807) is 6.07 Å². The van der Waals surface area contributed by atoms with Crippen LogP contribution >= 0.6 is 0 Å². The van der Waals surface area contributed by atoms with Crippen molar-refractivity contribution in [2.45, 2.75) is 6.61 Å². The molecule has 0 fully saturated rings. The second-order valence-corrected chi connectivity index (χ2v) is 2.62. The Morgan fingerprint density at radius 1 is 1.50 bits per heavy atom. The van der Waals surface area contributed by atoms with Crippen LogP contribution < -0.4 is 5.56 Å². The van der Waals surface area contributed by atoms with Gasteiger partial charge in [0.2, 0.25) is 5.56 Å². The molecule has 2 aromatic rings. The fourth-order valence-electron chi connectivity index (χ4n) is 0.979. The Kier molecular flexibility index (Phi) is 2.11. The Bertz CT molecular complexity index is 468. The number of pyridine rings is 1. The number of H-pyrrole nitrogens is 1. The lowest BCUT2D eigenvalue weighted by atomic mass is 10.3. The molecule has 0 aliphatic heterocycles. The number of nitrogens with zero attached hydrogens (tertiary/aromatic N) is 2. The molecule has 6 heteroatoms. The highest BCUT2D eigenvalue weighted by Crippen LogP contribution is 2.13. The average Bonchev–Trinajstić information content (AvgIpc) is 2.67. The highest BCUT2D eigenvalue weighted by atomic mass is 16.5. The van der Waals surface area contributed by atoms with Gasteiger partial charge in [-0.15, -0.1) is 0 Å². The van der Waals surface area contributed by atoms with Gasteiger partial charge in [-0.25, -0.2) is 0 Å². The number of aromatic amines is 1. The summed E-state index contributed by atoms with van der Waals surface area (Å²) in [6.45, 7) is -0.271. The van der Waals surface area contributed by atoms with Gasteiger partial charge < -0.3 is 14.6 Å². The zero-order valence-corrected chi connectivity index (χ0v) is 7.10. The molecule has 0 radical (unpaired) electrons. The first-order chi connectivity index (χ1) is 6.79. The Hall–Kier alpha value is -1.95. The zero-order chi connectivity index (χ0) is 9.97. The summed E-state index contributed by atoms with van der Waals surface area (Å²) in [5.41, 5.74) is 0.410. The van der Waals surface area contributed by atoms with Gasteiger partial charge in [-0.3, -0.25) is 4.79 Å². The monoisotopic (exact) mass is 193 g/mol. The van der Waals surface area contributed by atoms with Gasteiger partial charge >= 0.3 is 0 Å². The van der Waals surface area contributed by atoms with Crippen molar-refractivity contribution < 1.29 is 9.63 Å². The van der Waals surface area contributed by atoms with Crippen LogP contribution in [-0.4, -0.2) is 20.2 Å². The number of rotatable bonds is 2. The van der Waals surface area contributed by atoms with Crippen LogP contribution in [0.1, 0.15) is 5.82 Å². The summed E-state index contributed by atoms with van der Waals surface area (Å²) >= 11 is 0. The molecule has 2 N–H and O–H groups in total. The summed E-state index contributed by atoms with van der Waals surface area (Å²) in [7, 11) is 0. The first-order valence-corrected chi connectivity index (χ1v) is 3.92. The molecule has 0 amide bonds. The van der Waals surface area contributed by atoms with E-state index in [0.717, 1.165) is 0 Å². The second kappa shape index (κ2) is 3.43. The van der Waals surface area contributed by atoms with Crippen molar-refractivity contribution in [2.24, 2.45) is 0 Å². The van der Waals surface area contributed by atoms with Crippen LogP contribution in [0, 0.1) is 0 Å². The summed E-state index contributed by atoms with van der Waals surface area (Å²) in [6.07, 6.45) is 1.47. The maximum absolute atomic E-state index is 10.8. The number of aromatic nitrogens is 3. The van der Waals surface area contributed by atoms with E-state index in [-0.39, 0.29) is 23.9 Å². The molecule has 0 unspecified atom stereocenters. The van der Waals surface area contributed by atoms with Gasteiger partial charge in [0.25, 0.3) is 5.89 Å². The Labute approximate surface area is 78.2 Å². The lowest BCUT2D eigenvalue weighted by Gasteiger charge is -1.90. The standard InChI is InChI=1S/C8H7N3O3/c12-4-6-10-8(14-11-6)5-1-2-7(13)9-3-5/h1-3,12H,4H2,(H,9,13). The SMILES string of the molecule is O=c1ccc(-c2nc(CO)no2)c[nH]1. The molecule has 0 spiro atoms. The van der Waals surface area contributed by atoms with E-state index < -0.39 is 0 Å². The smallest absolute Gasteiger partial charge is 0.259 e. The van der Waals surface area contributed by atoms with E-state index in [1.807, 2.05) is 0 Å². The number of hydrogen-bond donors (Lipinski definition) is 2. The second-order valence-electron chi connectivity index (χ2n) is 2.62. The molecule has 72 valence electrons. The minimum absolute atomic E-state index is 0.198. The Balaban J connectivity index is 2.39. The van der Waals surface area contributed by atoms with E-state index in [0.29, 0.717) is 5.56 Å². The highest BCUT2D eigenvalue weighted by molar-refractivity contribution is 5.50. The van der Waals surface area contributed by atoms with Gasteiger partial charge in [-0.05, 0) is 6.07 Å². The molecular weight excluding hydrogens is 186 g/mol. The maximum atomic E-state index is 10.8. The van der Waals surface area contributed by atoms with Crippen LogP contribution in [0.15, 0.2) is 27.6 Å². The summed E-state index contributed by atoms with van der Waals surface area (Å²) in [5.74, 6) is 0.483. The van der Waals surface area contributed by atoms with Crippen LogP contribution in [0.4, 0.5) is 0 Å². The van der Waals surface area contributed by atoms with Crippen molar-refractivity contribution in [3.63, 3.8) is 0 Å². The van der Waals surface area contributed by atoms with Crippen molar-refractivity contribution in [2.75, 3.05) is 0 Å². The molecule has 2 rings (SSSR count). The number of aliphatic hydroxyl groups is 1. The molecule has 0 aromatic carbocycles. The molecule has 2 heterocycles. The molecular formula is C8H7N3O3. The molecule has 14 heavy (non-hydrogen) atoms. The van der Waals surface area contributed by atoms with Gasteiger partial charge in [0.15, 0.2) is 5.82 Å². The van der Waals surface area contributed by atoms with Crippen LogP contribution in [0.2, 0.25) is 0 Å². The minimum atomic E-state index is -0.271. The van der Waals surface area contributed by atoms with Crippen LogP contribution in [0.5, 0.6) is 0 Å². The predicted octanol–water partition coefficient (Wildman–Crippen LogP) is -0.0828. The normalized spacial score (nSPS) is 10.4. The van der Waals surface area contributed by atoms with Gasteiger partial charge in [-0.2, -0.15) is 4.98 Å². The number of hydrogen-bond acceptors (Lipinski definition) is 5. The van der Waals surface area contributed by atoms with Crippen LogP contribution in [0.3, 0.4) is 0 Å². The topological polar surface area (TPSA) is 92.0 Å². The zero-order valence-electron chi connectivity index (χ0n) is 7.10. The molecule has 6 nitrogen and oxygen atoms in total. The predicted molar refractivity (Wildman–Crippen MR) is 46.3 cm³/mol. The van der Waals surface area contributed by atoms with Crippen molar-refractivity contribution in [1.29, 1.82) is 0 Å². The summed E-state index contributed by atoms with van der Waals surface area (Å²) in [5, 5.41) is 12.2. The quantitative estimate of drug-likeness (QED) is 0.695. The maximum Gasteiger partial charge on any atom is 0.259 e. The van der Waals surface area contributed by atoms with E-state index in [1.165, 1.54) is 12.3 Å². The molecule has 0 saturated carbocycles.